The average molecular weight is 2320 g/mol. The van der Waals surface area contributed by atoms with Gasteiger partial charge in [-0.15, -0.1) is 150 Å². The maximum atomic E-state index is 10.1. The van der Waals surface area contributed by atoms with Gasteiger partial charge in [0.25, 0.3) is 0 Å². The molecule has 0 aliphatic heterocycles. The van der Waals surface area contributed by atoms with Gasteiger partial charge in [0, 0.05) is 136 Å². The number of carboxylic acids is 1. The van der Waals surface area contributed by atoms with Crippen molar-refractivity contribution in [2.45, 2.75) is 83.1 Å². The molecule has 5 aromatic heterocycles. The summed E-state index contributed by atoms with van der Waals surface area (Å²) in [6.45, 7) is 10.7. The molecule has 120 heavy (non-hydrogen) atoms. The fraction of sp³-hybridized carbons (Fsp3) is 0.174. The maximum absolute atomic E-state index is 10.1. The Kier molecular flexibility index (Phi) is 52.4. The van der Waals surface area contributed by atoms with Crippen LogP contribution in [0.2, 0.25) is 0 Å². The Balaban J connectivity index is 0.000000358. The zero-order valence-electron chi connectivity index (χ0n) is 65.9. The number of aliphatic hydroxyl groups excluding tert-OH is 6. The number of carboxylic acid groups (broad SMARTS) is 1. The van der Waals surface area contributed by atoms with Gasteiger partial charge >= 0.3 is 5.97 Å². The van der Waals surface area contributed by atoms with Crippen LogP contribution in [0.3, 0.4) is 0 Å². The fourth-order valence-corrected chi connectivity index (χ4v) is 9.80. The molecule has 9 aromatic carbocycles. The van der Waals surface area contributed by atoms with Gasteiger partial charge in [-0.1, -0.05) is 170 Å². The van der Waals surface area contributed by atoms with Crippen LogP contribution in [0.5, 0.6) is 0 Å². The molecule has 14 rings (SSSR count). The van der Waals surface area contributed by atoms with Gasteiger partial charge in [0.05, 0.1) is 48.2 Å². The van der Waals surface area contributed by atoms with E-state index in [-0.39, 0.29) is 99.0 Å². The molecule has 28 heteroatoms. The van der Waals surface area contributed by atoms with Gasteiger partial charge < -0.3 is 50.0 Å². The molecular weight excluding hydrogens is 2230 g/mol. The first-order chi connectivity index (χ1) is 56.5. The second-order valence-electron chi connectivity index (χ2n) is 24.6. The van der Waals surface area contributed by atoms with Gasteiger partial charge in [-0.25, -0.2) is 29.7 Å². The van der Waals surface area contributed by atoms with Crippen molar-refractivity contribution in [3.8, 4) is 91.1 Å². The van der Waals surface area contributed by atoms with Crippen LogP contribution in [0.25, 0.3) is 97.2 Å². The second kappa shape index (κ2) is 60.8. The first-order valence-electron chi connectivity index (χ1n) is 36.6. The number of aromatic nitrogens is 13. The van der Waals surface area contributed by atoms with Gasteiger partial charge in [0.1, 0.15) is 31.0 Å². The van der Waals surface area contributed by atoms with Crippen LogP contribution in [-0.2, 0) is 101 Å². The molecule has 0 amide bonds. The summed E-state index contributed by atoms with van der Waals surface area (Å²) in [6, 6.07) is 95.3. The Morgan fingerprint density at radius 2 is 0.700 bits per heavy atom. The van der Waals surface area contributed by atoms with E-state index in [2.05, 4.69) is 112 Å². The number of methoxy groups -OCH3 is 2. The van der Waals surface area contributed by atoms with Crippen molar-refractivity contribution < 1.29 is 135 Å². The Hall–Kier alpha value is -10.6. The first-order valence-corrected chi connectivity index (χ1v) is 36.6. The zero-order chi connectivity index (χ0) is 82.8. The number of pyridine rings is 1. The minimum Gasteiger partial charge on any atom is -0.477 e. The molecule has 24 nitrogen and oxygen atoms in total. The predicted octanol–water partition coefficient (Wildman–Crippen LogP) is 14.8. The van der Waals surface area contributed by atoms with Crippen LogP contribution < -0.4 is 0 Å². The Bertz CT molecular complexity index is 4320. The Labute approximate surface area is 753 Å². The summed E-state index contributed by atoms with van der Waals surface area (Å²) in [5.74, 6) is 4.30. The fourth-order valence-electron chi connectivity index (χ4n) is 9.80. The van der Waals surface area contributed by atoms with Crippen molar-refractivity contribution in [1.29, 1.82) is 0 Å². The molecule has 0 saturated carbocycles. The van der Waals surface area contributed by atoms with Crippen molar-refractivity contribution in [2.75, 3.05) is 20.8 Å². The van der Waals surface area contributed by atoms with E-state index in [1.54, 1.807) is 32.1 Å². The molecule has 4 radical (unpaired) electrons. The molecule has 630 valence electrons. The normalized spacial score (nSPS) is 11.4. The monoisotopic (exact) mass is 2330 g/mol. The Morgan fingerprint density at radius 3 is 0.958 bits per heavy atom. The number of rotatable bonds is 24. The third kappa shape index (κ3) is 39.9. The van der Waals surface area contributed by atoms with E-state index in [4.69, 9.17) is 35.4 Å². The van der Waals surface area contributed by atoms with Gasteiger partial charge in [-0.2, -0.15) is 0 Å². The molecule has 6 atom stereocenters. The molecule has 0 aliphatic rings. The van der Waals surface area contributed by atoms with Gasteiger partial charge in [0.15, 0.2) is 42.2 Å². The van der Waals surface area contributed by atoms with E-state index in [1.165, 1.54) is 57.4 Å². The molecule has 0 saturated heterocycles. The average Bonchev–Trinajstić information content (AvgIpc) is 0.852. The summed E-state index contributed by atoms with van der Waals surface area (Å²) < 4.78 is 13.7. The second-order valence-corrected chi connectivity index (χ2v) is 24.6. The summed E-state index contributed by atoms with van der Waals surface area (Å²) in [4.78, 5) is 65.1. The third-order valence-electron chi connectivity index (χ3n) is 15.6. The van der Waals surface area contributed by atoms with Crippen molar-refractivity contribution in [3.63, 3.8) is 0 Å². The molecule has 7 N–H and O–H groups in total. The number of hydrogen-bond acceptors (Lipinski definition) is 23. The number of hydrogen-bond donors (Lipinski definition) is 7. The van der Waals surface area contributed by atoms with E-state index in [9.17, 15) is 9.90 Å². The van der Waals surface area contributed by atoms with Crippen molar-refractivity contribution in [1.82, 2.24) is 64.8 Å². The van der Waals surface area contributed by atoms with Gasteiger partial charge in [-0.05, 0) is 56.4 Å². The molecule has 14 aromatic rings. The first kappa shape index (κ1) is 104. The van der Waals surface area contributed by atoms with Crippen LogP contribution >= 0.6 is 0 Å². The zero-order valence-corrected chi connectivity index (χ0v) is 75.5. The summed E-state index contributed by atoms with van der Waals surface area (Å²) in [7, 11) is 2.71. The molecule has 5 heterocycles. The largest absolute Gasteiger partial charge is 0.477 e. The molecule has 0 fully saturated rings. The molecule has 6 unspecified atom stereocenters. The molecule has 0 aliphatic carbocycles. The van der Waals surface area contributed by atoms with Gasteiger partial charge in [0.2, 0.25) is 0 Å². The smallest absolute Gasteiger partial charge is 0.354 e. The minimum absolute atomic E-state index is 0. The number of aryl methyl sites for hydroxylation is 1. The van der Waals surface area contributed by atoms with Crippen LogP contribution in [0.1, 0.15) is 61.1 Å². The summed E-state index contributed by atoms with van der Waals surface area (Å²) in [6.07, 6.45) is 9.10. The SMILES string of the molecule is C=CCOC(O)CC(C)O.C=Cc1ccc(CCC(O)CC(C)O)cc1.COC(O)CC(O)OC.O=C(O)c1ccccn1.[Ir].[Ir].[Ir].[Ir].[c-]1ccccc1-c1ncnc(-c2ccccc2)n1.[c-]1ccccc1-c1ncnc(-c2ccccc2)n1.[c-]1ccccc1-c1ncnc(-c2ccccc2)n1.[c-]1ccccc1-c1ncnc(-c2ccccc2)n1. The van der Waals surface area contributed by atoms with E-state index in [1.807, 2.05) is 249 Å². The maximum Gasteiger partial charge on any atom is 0.354 e. The standard InChI is InChI=1S/4C15H10N3.C14H20O2.C7H14O3.C6H5NO2.C5H12O4.4Ir/c4*1-3-7-12(8-4-1)14-16-11-17-15(18-14)13-9-5-2-6-10-13;1-3-12-4-6-13(7-5-12)8-9-14(16)10-11(2)15;1-3-4-10-7(9)5-6(2)8;8-6(9)5-3-1-2-4-7-5;1-8-4(6)3-5(7)9-2;;;;/h4*1-9,11H;3-7,11,14-16H,1,8-10H2,2H3;3,6-9H,1,4-5H2,2H3;1-4H,(H,8,9);4-7H,3H2,1-2H3;;;;/q4*-1;;;;;;;;. The van der Waals surface area contributed by atoms with Gasteiger partial charge in [-0.3, -0.25) is 39.9 Å². The molecule has 0 spiro atoms. The number of benzene rings is 9. The summed E-state index contributed by atoms with van der Waals surface area (Å²) in [5.41, 5.74) is 9.81. The number of ether oxygens (including phenoxy) is 3. The topological polar surface area (TPSA) is 354 Å². The molecular formula is C92H91Ir4N13O11-4. The summed E-state index contributed by atoms with van der Waals surface area (Å²) >= 11 is 0. The number of carbonyl (C=O) groups is 1. The van der Waals surface area contributed by atoms with E-state index in [0.717, 1.165) is 56.5 Å². The van der Waals surface area contributed by atoms with Crippen molar-refractivity contribution in [2.24, 2.45) is 0 Å². The van der Waals surface area contributed by atoms with Crippen LogP contribution in [0, 0.1) is 24.3 Å². The number of nitrogens with zero attached hydrogens (tertiary/aromatic N) is 13. The third-order valence-corrected chi connectivity index (χ3v) is 15.6. The Morgan fingerprint density at radius 1 is 0.383 bits per heavy atom. The van der Waals surface area contributed by atoms with E-state index >= 15 is 0 Å². The van der Waals surface area contributed by atoms with Crippen molar-refractivity contribution >= 4 is 12.0 Å². The van der Waals surface area contributed by atoms with E-state index < -0.39 is 43.2 Å². The van der Waals surface area contributed by atoms with Crippen molar-refractivity contribution in [3.05, 3.63) is 353 Å². The molecule has 0 bridgehead atoms. The predicted molar refractivity (Wildman–Crippen MR) is 446 cm³/mol. The number of aliphatic hydroxyl groups is 6. The van der Waals surface area contributed by atoms with E-state index in [0.29, 0.717) is 66.0 Å². The quantitative estimate of drug-likeness (QED) is 0.0168. The van der Waals surface area contributed by atoms with Crippen LogP contribution in [0.4, 0.5) is 0 Å². The van der Waals surface area contributed by atoms with Crippen LogP contribution in [-0.4, -0.2) is 165 Å². The minimum atomic E-state index is -0.990. The van der Waals surface area contributed by atoms with Crippen LogP contribution in [0.15, 0.2) is 312 Å². The summed E-state index contributed by atoms with van der Waals surface area (Å²) in [5, 5.41) is 62.1. The number of aromatic carboxylic acids is 1.